The van der Waals surface area contributed by atoms with E-state index in [1.807, 2.05) is 0 Å². The number of benzene rings is 1. The molecular formula is C12H9ClN4O3. The lowest BCUT2D eigenvalue weighted by atomic mass is 10.2. The highest BCUT2D eigenvalue weighted by atomic mass is 35.5. The summed E-state index contributed by atoms with van der Waals surface area (Å²) in [7, 11) is 0. The number of pyridine rings is 1. The largest absolute Gasteiger partial charge is 0.430 e. The summed E-state index contributed by atoms with van der Waals surface area (Å²) in [4.78, 5) is 14.2. The molecular weight excluding hydrogens is 284 g/mol. The smallest absolute Gasteiger partial charge is 0.313 e. The molecule has 2 rings (SSSR count). The molecule has 0 fully saturated rings. The minimum Gasteiger partial charge on any atom is -0.430 e. The van der Waals surface area contributed by atoms with Crippen LogP contribution in [0.3, 0.4) is 0 Å². The molecule has 0 spiro atoms. The van der Waals surface area contributed by atoms with Gasteiger partial charge in [0.25, 0.3) is 0 Å². The second kappa shape index (κ2) is 5.54. The van der Waals surface area contributed by atoms with Crippen molar-refractivity contribution in [2.75, 3.05) is 0 Å². The Morgan fingerprint density at radius 1 is 1.40 bits per heavy atom. The molecule has 7 nitrogen and oxygen atoms in total. The molecule has 0 radical (unpaired) electrons. The van der Waals surface area contributed by atoms with Crippen molar-refractivity contribution >= 4 is 23.1 Å². The zero-order valence-corrected chi connectivity index (χ0v) is 10.8. The molecule has 0 aliphatic rings. The molecule has 0 saturated heterocycles. The van der Waals surface area contributed by atoms with E-state index in [-0.39, 0.29) is 28.2 Å². The number of nitrogens with one attached hydrogen (secondary N) is 1. The molecule has 102 valence electrons. The summed E-state index contributed by atoms with van der Waals surface area (Å²) in [5, 5.41) is 18.3. The van der Waals surface area contributed by atoms with Crippen LogP contribution in [0.15, 0.2) is 36.5 Å². The van der Waals surface area contributed by atoms with Crippen LogP contribution >= 0.6 is 11.6 Å². The standard InChI is InChI=1S/C12H9ClN4O3/c13-8-2-1-3-9(17(18)19)11(8)20-10-5-4-7(6-16-10)12(14)15/h1-6H,(H3,14,15). The Morgan fingerprint density at radius 2 is 2.15 bits per heavy atom. The Balaban J connectivity index is 2.34. The van der Waals surface area contributed by atoms with Crippen molar-refractivity contribution in [2.24, 2.45) is 5.73 Å². The summed E-state index contributed by atoms with van der Waals surface area (Å²) in [6, 6.07) is 7.19. The van der Waals surface area contributed by atoms with Crippen molar-refractivity contribution in [3.05, 3.63) is 57.2 Å². The zero-order chi connectivity index (χ0) is 14.7. The predicted octanol–water partition coefficient (Wildman–Crippen LogP) is 2.72. The van der Waals surface area contributed by atoms with Gasteiger partial charge in [0.2, 0.25) is 11.6 Å². The SMILES string of the molecule is N=C(N)c1ccc(Oc2c(Cl)cccc2[N+](=O)[O-])nc1. The third-order valence-electron chi connectivity index (χ3n) is 2.40. The number of para-hydroxylation sites is 1. The Labute approximate surface area is 118 Å². The number of aromatic nitrogens is 1. The van der Waals surface area contributed by atoms with Gasteiger partial charge in [0.05, 0.1) is 9.95 Å². The molecule has 0 atom stereocenters. The van der Waals surface area contributed by atoms with Crippen LogP contribution in [0.4, 0.5) is 5.69 Å². The first kappa shape index (κ1) is 13.8. The molecule has 0 amide bonds. The predicted molar refractivity (Wildman–Crippen MR) is 73.4 cm³/mol. The third-order valence-corrected chi connectivity index (χ3v) is 2.69. The Morgan fingerprint density at radius 3 is 2.70 bits per heavy atom. The van der Waals surface area contributed by atoms with Crippen LogP contribution in [0.25, 0.3) is 0 Å². The number of nitro groups is 1. The quantitative estimate of drug-likeness (QED) is 0.389. The third kappa shape index (κ3) is 2.83. The molecule has 20 heavy (non-hydrogen) atoms. The van der Waals surface area contributed by atoms with Gasteiger partial charge in [-0.25, -0.2) is 4.98 Å². The summed E-state index contributed by atoms with van der Waals surface area (Å²) in [6.45, 7) is 0. The number of nitrogens with zero attached hydrogens (tertiary/aromatic N) is 2. The van der Waals surface area contributed by atoms with E-state index in [1.54, 1.807) is 0 Å². The van der Waals surface area contributed by atoms with Crippen molar-refractivity contribution in [1.29, 1.82) is 5.41 Å². The molecule has 1 aromatic carbocycles. The number of hydrogen-bond acceptors (Lipinski definition) is 5. The highest BCUT2D eigenvalue weighted by Crippen LogP contribution is 2.37. The van der Waals surface area contributed by atoms with Gasteiger partial charge in [-0.1, -0.05) is 17.7 Å². The van der Waals surface area contributed by atoms with Gasteiger partial charge in [-0.05, 0) is 12.1 Å². The van der Waals surface area contributed by atoms with E-state index in [1.165, 1.54) is 36.5 Å². The normalized spacial score (nSPS) is 10.1. The van der Waals surface area contributed by atoms with Gasteiger partial charge in [-0.15, -0.1) is 0 Å². The average Bonchev–Trinajstić information content (AvgIpc) is 2.41. The molecule has 3 N–H and O–H groups in total. The van der Waals surface area contributed by atoms with Gasteiger partial charge in [-0.2, -0.15) is 0 Å². The van der Waals surface area contributed by atoms with Crippen LogP contribution in [-0.4, -0.2) is 15.7 Å². The van der Waals surface area contributed by atoms with Crippen LogP contribution in [0.2, 0.25) is 5.02 Å². The van der Waals surface area contributed by atoms with Crippen molar-refractivity contribution in [2.45, 2.75) is 0 Å². The molecule has 2 aromatic rings. The number of nitrogen functional groups attached to an aromatic ring is 1. The number of nitrogens with two attached hydrogens (primary N) is 1. The maximum absolute atomic E-state index is 10.9. The first-order valence-corrected chi connectivity index (χ1v) is 5.78. The molecule has 0 bridgehead atoms. The lowest BCUT2D eigenvalue weighted by Gasteiger charge is -2.07. The fourth-order valence-corrected chi connectivity index (χ4v) is 1.65. The van der Waals surface area contributed by atoms with E-state index in [2.05, 4.69) is 4.98 Å². The highest BCUT2D eigenvalue weighted by molar-refractivity contribution is 6.32. The molecule has 8 heteroatoms. The van der Waals surface area contributed by atoms with Gasteiger partial charge >= 0.3 is 5.69 Å². The number of halogens is 1. The van der Waals surface area contributed by atoms with Crippen molar-refractivity contribution < 1.29 is 9.66 Å². The molecule has 0 aliphatic carbocycles. The van der Waals surface area contributed by atoms with Crippen molar-refractivity contribution in [3.8, 4) is 11.6 Å². The number of ether oxygens (including phenoxy) is 1. The van der Waals surface area contributed by atoms with Crippen molar-refractivity contribution in [3.63, 3.8) is 0 Å². The Bertz CT molecular complexity index is 673. The van der Waals surface area contributed by atoms with E-state index in [4.69, 9.17) is 27.5 Å². The zero-order valence-electron chi connectivity index (χ0n) is 10.0. The van der Waals surface area contributed by atoms with Crippen LogP contribution < -0.4 is 10.5 Å². The molecule has 0 aliphatic heterocycles. The maximum atomic E-state index is 10.9. The summed E-state index contributed by atoms with van der Waals surface area (Å²) >= 11 is 5.89. The van der Waals surface area contributed by atoms with Gasteiger partial charge in [0.1, 0.15) is 5.84 Å². The van der Waals surface area contributed by atoms with E-state index < -0.39 is 4.92 Å². The van der Waals surface area contributed by atoms with Crippen molar-refractivity contribution in [1.82, 2.24) is 4.98 Å². The summed E-state index contributed by atoms with van der Waals surface area (Å²) in [6.07, 6.45) is 1.33. The lowest BCUT2D eigenvalue weighted by Crippen LogP contribution is -2.11. The van der Waals surface area contributed by atoms with E-state index in [0.717, 1.165) is 0 Å². The second-order valence-electron chi connectivity index (χ2n) is 3.75. The van der Waals surface area contributed by atoms with Crippen LogP contribution in [0.1, 0.15) is 5.56 Å². The van der Waals surface area contributed by atoms with Gasteiger partial charge in [-0.3, -0.25) is 15.5 Å². The van der Waals surface area contributed by atoms with Crippen LogP contribution in [0, 0.1) is 15.5 Å². The summed E-state index contributed by atoms with van der Waals surface area (Å²) < 4.78 is 5.34. The second-order valence-corrected chi connectivity index (χ2v) is 4.15. The van der Waals surface area contributed by atoms with Crippen LogP contribution in [0.5, 0.6) is 11.6 Å². The number of rotatable bonds is 4. The Hall–Kier alpha value is -2.67. The maximum Gasteiger partial charge on any atom is 0.313 e. The van der Waals surface area contributed by atoms with Gasteiger partial charge in [0.15, 0.2) is 0 Å². The van der Waals surface area contributed by atoms with Crippen LogP contribution in [-0.2, 0) is 0 Å². The minimum absolute atomic E-state index is 0.0813. The fourth-order valence-electron chi connectivity index (χ4n) is 1.45. The molecule has 0 unspecified atom stereocenters. The summed E-state index contributed by atoms with van der Waals surface area (Å²) in [5.74, 6) is -0.0961. The van der Waals surface area contributed by atoms with E-state index >= 15 is 0 Å². The first-order chi connectivity index (χ1) is 9.49. The van der Waals surface area contributed by atoms with E-state index in [9.17, 15) is 10.1 Å². The average molecular weight is 293 g/mol. The van der Waals surface area contributed by atoms with Gasteiger partial charge in [0, 0.05) is 23.9 Å². The number of nitro benzene ring substituents is 1. The molecule has 1 heterocycles. The number of amidine groups is 1. The number of hydrogen-bond donors (Lipinski definition) is 2. The minimum atomic E-state index is -0.592. The Kier molecular flexibility index (Phi) is 3.81. The lowest BCUT2D eigenvalue weighted by molar-refractivity contribution is -0.385. The fraction of sp³-hybridized carbons (Fsp3) is 0. The topological polar surface area (TPSA) is 115 Å². The summed E-state index contributed by atoms with van der Waals surface area (Å²) in [5.41, 5.74) is 5.46. The molecule has 0 saturated carbocycles. The first-order valence-electron chi connectivity index (χ1n) is 5.40. The molecule has 1 aromatic heterocycles. The van der Waals surface area contributed by atoms with Gasteiger partial charge < -0.3 is 10.5 Å². The highest BCUT2D eigenvalue weighted by Gasteiger charge is 2.19. The monoisotopic (exact) mass is 292 g/mol. The van der Waals surface area contributed by atoms with E-state index in [0.29, 0.717) is 5.56 Å².